The largest absolute Gasteiger partial charge is 0.380 e. The maximum atomic E-state index is 12.4. The number of pyridine rings is 2. The topological polar surface area (TPSA) is 110 Å². The van der Waals surface area contributed by atoms with E-state index in [4.69, 9.17) is 4.52 Å². The molecule has 130 valence electrons. The molecule has 0 radical (unpaired) electrons. The van der Waals surface area contributed by atoms with Gasteiger partial charge in [0.1, 0.15) is 11.5 Å². The lowest BCUT2D eigenvalue weighted by molar-refractivity contribution is 0.390. The number of hydrogen-bond acceptors (Lipinski definition) is 7. The summed E-state index contributed by atoms with van der Waals surface area (Å²) in [5.41, 5.74) is 2.11. The minimum absolute atomic E-state index is 0.0353. The van der Waals surface area contributed by atoms with E-state index in [1.807, 2.05) is 12.1 Å². The van der Waals surface area contributed by atoms with E-state index in [1.54, 1.807) is 44.6 Å². The molecule has 3 aromatic rings. The summed E-state index contributed by atoms with van der Waals surface area (Å²) in [4.78, 5) is 8.21. The van der Waals surface area contributed by atoms with Crippen LogP contribution in [0.3, 0.4) is 0 Å². The van der Waals surface area contributed by atoms with E-state index >= 15 is 0 Å². The molecule has 0 aliphatic carbocycles. The van der Waals surface area contributed by atoms with E-state index in [1.165, 1.54) is 0 Å². The second kappa shape index (κ2) is 6.89. The van der Waals surface area contributed by atoms with Crippen molar-refractivity contribution in [3.05, 3.63) is 59.9 Å². The molecule has 0 fully saturated rings. The molecule has 0 aliphatic rings. The zero-order valence-electron chi connectivity index (χ0n) is 13.7. The molecular formula is C16H17N5O3S. The molecular weight excluding hydrogens is 342 g/mol. The van der Waals surface area contributed by atoms with Crippen LogP contribution in [0, 0.1) is 13.8 Å². The van der Waals surface area contributed by atoms with Crippen LogP contribution in [0.2, 0.25) is 0 Å². The first kappa shape index (κ1) is 16.9. The fourth-order valence-electron chi connectivity index (χ4n) is 2.31. The molecule has 0 amide bonds. The van der Waals surface area contributed by atoms with Crippen LogP contribution in [0.1, 0.15) is 17.0 Å². The monoisotopic (exact) mass is 359 g/mol. The van der Waals surface area contributed by atoms with Gasteiger partial charge in [-0.25, -0.2) is 13.4 Å². The number of hydrogen-bond donors (Lipinski definition) is 2. The number of sulfonamides is 1. The Morgan fingerprint density at radius 1 is 1.16 bits per heavy atom. The van der Waals surface area contributed by atoms with E-state index < -0.39 is 10.0 Å². The standard InChI is InChI=1S/C16H17N5O3S/c1-11-16(12(2)24-20-11)25(22,23)21-15-6-5-14(10-19-15)18-9-13-4-3-7-17-8-13/h3-8,10,18H,9H2,1-2H3,(H,19,21). The summed E-state index contributed by atoms with van der Waals surface area (Å²) in [5, 5.41) is 6.85. The lowest BCUT2D eigenvalue weighted by Crippen LogP contribution is -2.15. The van der Waals surface area contributed by atoms with Gasteiger partial charge in [-0.3, -0.25) is 9.71 Å². The van der Waals surface area contributed by atoms with E-state index in [-0.39, 0.29) is 16.5 Å². The third kappa shape index (κ3) is 3.94. The highest BCUT2D eigenvalue weighted by Crippen LogP contribution is 2.22. The minimum atomic E-state index is -3.80. The van der Waals surface area contributed by atoms with Crippen molar-refractivity contribution < 1.29 is 12.9 Å². The van der Waals surface area contributed by atoms with Gasteiger partial charge in [0.05, 0.1) is 11.9 Å². The van der Waals surface area contributed by atoms with Gasteiger partial charge in [-0.1, -0.05) is 11.2 Å². The highest BCUT2D eigenvalue weighted by atomic mass is 32.2. The molecule has 2 N–H and O–H groups in total. The Labute approximate surface area is 145 Å². The molecule has 8 nitrogen and oxygen atoms in total. The van der Waals surface area contributed by atoms with Crippen molar-refractivity contribution in [3.63, 3.8) is 0 Å². The van der Waals surface area contributed by atoms with Gasteiger partial charge in [-0.05, 0) is 37.6 Å². The molecule has 0 saturated heterocycles. The van der Waals surface area contributed by atoms with Gasteiger partial charge in [0.2, 0.25) is 0 Å². The first-order valence-electron chi connectivity index (χ1n) is 7.50. The molecule has 3 heterocycles. The maximum absolute atomic E-state index is 12.4. The first-order valence-corrected chi connectivity index (χ1v) is 8.98. The number of aryl methyl sites for hydroxylation is 2. The normalized spacial score (nSPS) is 11.3. The van der Waals surface area contributed by atoms with Crippen LogP contribution < -0.4 is 10.0 Å². The molecule has 0 bridgehead atoms. The average molecular weight is 359 g/mol. The molecule has 25 heavy (non-hydrogen) atoms. The predicted octanol–water partition coefficient (Wildman–Crippen LogP) is 2.49. The summed E-state index contributed by atoms with van der Waals surface area (Å²) in [6.45, 7) is 3.72. The van der Waals surface area contributed by atoms with Crippen LogP contribution in [0.15, 0.2) is 52.3 Å². The lowest BCUT2D eigenvalue weighted by atomic mass is 10.3. The van der Waals surface area contributed by atoms with Crippen LogP contribution in [-0.2, 0) is 16.6 Å². The summed E-state index contributed by atoms with van der Waals surface area (Å²) in [5.74, 6) is 0.451. The SMILES string of the molecule is Cc1noc(C)c1S(=O)(=O)Nc1ccc(NCc2cccnc2)cn1. The number of nitrogens with one attached hydrogen (secondary N) is 2. The van der Waals surface area contributed by atoms with E-state index in [0.29, 0.717) is 12.2 Å². The second-order valence-corrected chi connectivity index (χ2v) is 7.02. The molecule has 9 heteroatoms. The Balaban J connectivity index is 1.68. The van der Waals surface area contributed by atoms with Crippen molar-refractivity contribution >= 4 is 21.5 Å². The van der Waals surface area contributed by atoms with E-state index in [9.17, 15) is 8.42 Å². The number of rotatable bonds is 6. The summed E-state index contributed by atoms with van der Waals surface area (Å²) in [6, 6.07) is 7.15. The zero-order valence-corrected chi connectivity index (χ0v) is 14.5. The van der Waals surface area contributed by atoms with Gasteiger partial charge >= 0.3 is 0 Å². The summed E-state index contributed by atoms with van der Waals surface area (Å²) < 4.78 is 32.2. The minimum Gasteiger partial charge on any atom is -0.380 e. The summed E-state index contributed by atoms with van der Waals surface area (Å²) in [7, 11) is -3.80. The number of aromatic nitrogens is 3. The fourth-order valence-corrected chi connectivity index (χ4v) is 3.65. The Bertz CT molecular complexity index is 934. The molecule has 0 aliphatic heterocycles. The first-order chi connectivity index (χ1) is 12.0. The van der Waals surface area contributed by atoms with Gasteiger partial charge in [0.25, 0.3) is 10.0 Å². The third-order valence-electron chi connectivity index (χ3n) is 3.46. The van der Waals surface area contributed by atoms with Crippen molar-refractivity contribution in [2.24, 2.45) is 0 Å². The van der Waals surface area contributed by atoms with Gasteiger partial charge in [-0.15, -0.1) is 0 Å². The zero-order chi connectivity index (χ0) is 17.9. The van der Waals surface area contributed by atoms with Gasteiger partial charge < -0.3 is 9.84 Å². The van der Waals surface area contributed by atoms with Crippen molar-refractivity contribution in [1.82, 2.24) is 15.1 Å². The maximum Gasteiger partial charge on any atom is 0.268 e. The Morgan fingerprint density at radius 2 is 2.00 bits per heavy atom. The number of anilines is 2. The van der Waals surface area contributed by atoms with Crippen LogP contribution in [0.4, 0.5) is 11.5 Å². The molecule has 3 aromatic heterocycles. The second-order valence-electron chi connectivity index (χ2n) is 5.41. The van der Waals surface area contributed by atoms with Gasteiger partial charge in [-0.2, -0.15) is 0 Å². The molecule has 0 atom stereocenters. The summed E-state index contributed by atoms with van der Waals surface area (Å²) >= 11 is 0. The smallest absolute Gasteiger partial charge is 0.268 e. The van der Waals surface area contributed by atoms with Gasteiger partial charge in [0.15, 0.2) is 10.7 Å². The highest BCUT2D eigenvalue weighted by molar-refractivity contribution is 7.92. The predicted molar refractivity (Wildman–Crippen MR) is 92.6 cm³/mol. The average Bonchev–Trinajstić information content (AvgIpc) is 2.94. The van der Waals surface area contributed by atoms with E-state index in [2.05, 4.69) is 25.2 Å². The van der Waals surface area contributed by atoms with Crippen molar-refractivity contribution in [2.45, 2.75) is 25.3 Å². The van der Waals surface area contributed by atoms with Crippen molar-refractivity contribution in [1.29, 1.82) is 0 Å². The van der Waals surface area contributed by atoms with Crippen molar-refractivity contribution in [2.75, 3.05) is 10.0 Å². The highest BCUT2D eigenvalue weighted by Gasteiger charge is 2.24. The number of nitrogens with zero attached hydrogens (tertiary/aromatic N) is 3. The molecule has 0 unspecified atom stereocenters. The van der Waals surface area contributed by atoms with Gasteiger partial charge in [0, 0.05) is 18.9 Å². The molecule has 0 saturated carbocycles. The molecule has 3 rings (SSSR count). The summed E-state index contributed by atoms with van der Waals surface area (Å²) in [6.07, 6.45) is 5.04. The third-order valence-corrected chi connectivity index (χ3v) is 5.06. The fraction of sp³-hybridized carbons (Fsp3) is 0.188. The van der Waals surface area contributed by atoms with Crippen molar-refractivity contribution in [3.8, 4) is 0 Å². The van der Waals surface area contributed by atoms with Crippen LogP contribution in [0.5, 0.6) is 0 Å². The van der Waals surface area contributed by atoms with E-state index in [0.717, 1.165) is 11.3 Å². The van der Waals surface area contributed by atoms with Crippen LogP contribution >= 0.6 is 0 Å². The van der Waals surface area contributed by atoms with Crippen LogP contribution in [-0.4, -0.2) is 23.5 Å². The Kier molecular flexibility index (Phi) is 4.66. The lowest BCUT2D eigenvalue weighted by Gasteiger charge is -2.09. The quantitative estimate of drug-likeness (QED) is 0.695. The Morgan fingerprint density at radius 3 is 2.60 bits per heavy atom. The Hall–Kier alpha value is -2.94. The molecule has 0 spiro atoms. The van der Waals surface area contributed by atoms with Crippen LogP contribution in [0.25, 0.3) is 0 Å². The molecule has 0 aromatic carbocycles.